The van der Waals surface area contributed by atoms with E-state index >= 15 is 0 Å². The molecule has 1 unspecified atom stereocenters. The molecule has 0 heterocycles. The lowest BCUT2D eigenvalue weighted by Gasteiger charge is -2.38. The Morgan fingerprint density at radius 1 is 1.19 bits per heavy atom. The lowest BCUT2D eigenvalue weighted by atomic mass is 10.0. The maximum atomic E-state index is 11.4. The van der Waals surface area contributed by atoms with Crippen LogP contribution in [-0.4, -0.2) is 51.2 Å². The number of likely N-dealkylation sites (N-methyl/N-ethyl adjacent to an activating group) is 1. The highest BCUT2D eigenvalue weighted by atomic mass is 32.2. The quantitative estimate of drug-likeness (QED) is 0.271. The highest BCUT2D eigenvalue weighted by molar-refractivity contribution is 7.87. The first-order chi connectivity index (χ1) is 7.20. The molecule has 1 atom stereocenters. The second kappa shape index (κ2) is 5.39. The average molecular weight is 254 g/mol. The molecule has 8 heteroatoms. The van der Waals surface area contributed by atoms with E-state index in [-0.39, 0.29) is 13.0 Å². The average Bonchev–Trinajstić information content (AvgIpc) is 2.24. The van der Waals surface area contributed by atoms with Crippen LogP contribution in [0.1, 0.15) is 13.3 Å². The molecule has 0 rings (SSSR count). The van der Waals surface area contributed by atoms with Gasteiger partial charge in [0.1, 0.15) is 0 Å². The summed E-state index contributed by atoms with van der Waals surface area (Å²) in [5, 5.41) is 8.47. The van der Waals surface area contributed by atoms with Crippen molar-refractivity contribution >= 4 is 10.1 Å². The van der Waals surface area contributed by atoms with Gasteiger partial charge >= 0.3 is 0 Å². The summed E-state index contributed by atoms with van der Waals surface area (Å²) in [6.07, 6.45) is 0.0822. The second-order valence-electron chi connectivity index (χ2n) is 3.93. The van der Waals surface area contributed by atoms with E-state index in [0.717, 1.165) is 0 Å². The molecule has 0 spiro atoms. The van der Waals surface area contributed by atoms with Gasteiger partial charge in [0.15, 0.2) is 4.87 Å². The molecule has 0 radical (unpaired) electrons. The van der Waals surface area contributed by atoms with Crippen molar-refractivity contribution in [3.8, 4) is 0 Å². The van der Waals surface area contributed by atoms with E-state index in [1.165, 1.54) is 7.05 Å². The fraction of sp³-hybridized carbons (Fsp3) is 1.00. The molecule has 0 bridgehead atoms. The molecule has 0 aliphatic rings. The van der Waals surface area contributed by atoms with Gasteiger partial charge in [-0.05, 0) is 28.1 Å². The Morgan fingerprint density at radius 3 is 1.81 bits per heavy atom. The fourth-order valence-corrected chi connectivity index (χ4v) is 2.40. The summed E-state index contributed by atoms with van der Waals surface area (Å²) in [6.45, 7) is 1.56. The summed E-state index contributed by atoms with van der Waals surface area (Å²) in [7, 11) is 0.538. The molecule has 0 aliphatic heterocycles. The largest absolute Gasteiger partial charge is 0.328 e. The Labute approximate surface area is 96.9 Å². The van der Waals surface area contributed by atoms with Crippen molar-refractivity contribution in [2.45, 2.75) is 23.9 Å². The Bertz CT molecular complexity index is 309. The third kappa shape index (κ3) is 3.12. The Kier molecular flexibility index (Phi) is 5.30. The highest BCUT2D eigenvalue weighted by Crippen LogP contribution is 2.22. The number of nitrogens with one attached hydrogen (secondary N) is 3. The van der Waals surface area contributed by atoms with E-state index in [9.17, 15) is 13.0 Å². The molecule has 0 saturated heterocycles. The first-order valence-corrected chi connectivity index (χ1v) is 6.38. The summed E-state index contributed by atoms with van der Waals surface area (Å²) < 4.78 is 32.0. The summed E-state index contributed by atoms with van der Waals surface area (Å²) >= 11 is 0. The molecular weight excluding hydrogens is 232 g/mol. The van der Waals surface area contributed by atoms with Crippen LogP contribution < -0.4 is 21.7 Å². The number of nitrogens with two attached hydrogens (primary N) is 1. The highest BCUT2D eigenvalue weighted by Gasteiger charge is 2.45. The van der Waals surface area contributed by atoms with Crippen molar-refractivity contribution in [3.05, 3.63) is 0 Å². The van der Waals surface area contributed by atoms with Gasteiger partial charge in [0.25, 0.3) is 10.1 Å². The fourth-order valence-electron chi connectivity index (χ4n) is 1.46. The van der Waals surface area contributed by atoms with Crippen LogP contribution >= 0.6 is 0 Å². The monoisotopic (exact) mass is 254 g/mol. The van der Waals surface area contributed by atoms with Crippen LogP contribution in [0.2, 0.25) is 0 Å². The van der Waals surface area contributed by atoms with Crippen LogP contribution in [0.15, 0.2) is 0 Å². The zero-order valence-corrected chi connectivity index (χ0v) is 11.0. The molecule has 0 aromatic carbocycles. The molecule has 0 aliphatic carbocycles. The molecule has 16 heavy (non-hydrogen) atoms. The van der Waals surface area contributed by atoms with Gasteiger partial charge in [-0.15, -0.1) is 0 Å². The van der Waals surface area contributed by atoms with Gasteiger partial charge in [0.2, 0.25) is 0 Å². The molecule has 7 nitrogen and oxygen atoms in total. The van der Waals surface area contributed by atoms with Crippen LogP contribution in [0.25, 0.3) is 0 Å². The first kappa shape index (κ1) is 15.8. The standard InChI is InChI=1S/C8H22N4O3S/c1-7(10-2,11-3)5-8(6-9,12-4)16(13,14)15/h10-12H,5-6,9H2,1-4H3,(H,13,14,15). The molecule has 0 aromatic heterocycles. The van der Waals surface area contributed by atoms with Crippen molar-refractivity contribution < 1.29 is 13.0 Å². The lowest BCUT2D eigenvalue weighted by Crippen LogP contribution is -2.64. The summed E-state index contributed by atoms with van der Waals surface area (Å²) in [4.78, 5) is -1.56. The second-order valence-corrected chi connectivity index (χ2v) is 5.66. The third-order valence-corrected chi connectivity index (χ3v) is 4.52. The van der Waals surface area contributed by atoms with Gasteiger partial charge in [0, 0.05) is 13.0 Å². The van der Waals surface area contributed by atoms with Gasteiger partial charge < -0.3 is 16.4 Å². The maximum Gasteiger partial charge on any atom is 0.285 e. The van der Waals surface area contributed by atoms with Crippen molar-refractivity contribution in [2.24, 2.45) is 5.73 Å². The van der Waals surface area contributed by atoms with Crippen LogP contribution in [0.4, 0.5) is 0 Å². The van der Waals surface area contributed by atoms with Crippen molar-refractivity contribution in [1.29, 1.82) is 0 Å². The number of hydrogen-bond donors (Lipinski definition) is 5. The topological polar surface area (TPSA) is 116 Å². The van der Waals surface area contributed by atoms with Gasteiger partial charge in [-0.2, -0.15) is 8.42 Å². The Morgan fingerprint density at radius 2 is 1.62 bits per heavy atom. The molecule has 98 valence electrons. The van der Waals surface area contributed by atoms with Crippen molar-refractivity contribution in [1.82, 2.24) is 16.0 Å². The van der Waals surface area contributed by atoms with E-state index in [1.807, 2.05) is 0 Å². The lowest BCUT2D eigenvalue weighted by molar-refractivity contribution is 0.239. The maximum absolute atomic E-state index is 11.4. The van der Waals surface area contributed by atoms with E-state index in [0.29, 0.717) is 0 Å². The summed E-state index contributed by atoms with van der Waals surface area (Å²) in [5.41, 5.74) is 4.81. The van der Waals surface area contributed by atoms with E-state index in [1.54, 1.807) is 21.0 Å². The number of hydrogen-bond acceptors (Lipinski definition) is 6. The molecule has 6 N–H and O–H groups in total. The van der Waals surface area contributed by atoms with Gasteiger partial charge in [0.05, 0.1) is 5.66 Å². The Hall–Kier alpha value is -0.250. The van der Waals surface area contributed by atoms with Crippen LogP contribution in [-0.2, 0) is 10.1 Å². The molecule has 0 amide bonds. The van der Waals surface area contributed by atoms with Crippen LogP contribution in [0.5, 0.6) is 0 Å². The van der Waals surface area contributed by atoms with E-state index < -0.39 is 20.7 Å². The predicted octanol–water partition coefficient (Wildman–Crippen LogP) is -1.71. The summed E-state index contributed by atoms with van der Waals surface area (Å²) in [6, 6.07) is 0. The first-order valence-electron chi connectivity index (χ1n) is 4.94. The molecule has 0 fully saturated rings. The summed E-state index contributed by atoms with van der Waals surface area (Å²) in [5.74, 6) is 0. The van der Waals surface area contributed by atoms with Gasteiger partial charge in [-0.1, -0.05) is 0 Å². The molecule has 0 aromatic rings. The predicted molar refractivity (Wildman–Crippen MR) is 63.5 cm³/mol. The minimum Gasteiger partial charge on any atom is -0.328 e. The normalized spacial score (nSPS) is 17.1. The minimum absolute atomic E-state index is 0.0822. The van der Waals surface area contributed by atoms with Crippen LogP contribution in [0, 0.1) is 0 Å². The number of rotatable bonds is 7. The van der Waals surface area contributed by atoms with Crippen LogP contribution in [0.3, 0.4) is 0 Å². The van der Waals surface area contributed by atoms with Crippen molar-refractivity contribution in [2.75, 3.05) is 27.7 Å². The van der Waals surface area contributed by atoms with E-state index in [2.05, 4.69) is 16.0 Å². The third-order valence-electron chi connectivity index (χ3n) is 3.02. The van der Waals surface area contributed by atoms with Gasteiger partial charge in [-0.25, -0.2) is 0 Å². The van der Waals surface area contributed by atoms with Gasteiger partial charge in [-0.3, -0.25) is 9.87 Å². The zero-order chi connectivity index (χ0) is 13.0. The molecular formula is C8H22N4O3S. The SMILES string of the molecule is CNC(C)(CC(CN)(NC)S(=O)(=O)O)NC. The zero-order valence-electron chi connectivity index (χ0n) is 10.2. The van der Waals surface area contributed by atoms with Crippen molar-refractivity contribution in [3.63, 3.8) is 0 Å². The molecule has 0 saturated carbocycles. The minimum atomic E-state index is -4.30. The Balaban J connectivity index is 5.26. The smallest absolute Gasteiger partial charge is 0.285 e. The van der Waals surface area contributed by atoms with E-state index in [4.69, 9.17) is 5.73 Å².